The fourth-order valence-corrected chi connectivity index (χ4v) is 3.99. The van der Waals surface area contributed by atoms with E-state index < -0.39 is 0 Å². The van der Waals surface area contributed by atoms with E-state index in [0.717, 1.165) is 53.7 Å². The van der Waals surface area contributed by atoms with Crippen molar-refractivity contribution >= 4 is 10.9 Å². The van der Waals surface area contributed by atoms with Crippen molar-refractivity contribution in [1.82, 2.24) is 10.3 Å². The molecule has 3 nitrogen and oxygen atoms in total. The molecule has 0 spiro atoms. The summed E-state index contributed by atoms with van der Waals surface area (Å²) in [5, 5.41) is 4.83. The number of aromatic nitrogens is 1. The van der Waals surface area contributed by atoms with Crippen molar-refractivity contribution < 1.29 is 9.13 Å². The van der Waals surface area contributed by atoms with Crippen LogP contribution in [0.4, 0.5) is 4.39 Å². The van der Waals surface area contributed by atoms with Gasteiger partial charge in [-0.1, -0.05) is 11.6 Å². The summed E-state index contributed by atoms with van der Waals surface area (Å²) in [4.78, 5) is 4.92. The molecule has 3 aromatic rings. The highest BCUT2D eigenvalue weighted by atomic mass is 19.1. The molecule has 0 radical (unpaired) electrons. The van der Waals surface area contributed by atoms with Gasteiger partial charge in [0.25, 0.3) is 0 Å². The van der Waals surface area contributed by atoms with E-state index in [2.05, 4.69) is 50.4 Å². The molecule has 0 bridgehead atoms. The summed E-state index contributed by atoms with van der Waals surface area (Å²) >= 11 is 0. The first kappa shape index (κ1) is 19.0. The number of ether oxygens (including phenoxy) is 1. The lowest BCUT2D eigenvalue weighted by Gasteiger charge is -2.36. The first-order valence-corrected chi connectivity index (χ1v) is 9.93. The van der Waals surface area contributed by atoms with E-state index in [4.69, 9.17) is 9.72 Å². The van der Waals surface area contributed by atoms with Gasteiger partial charge in [-0.05, 0) is 81.6 Å². The van der Waals surface area contributed by atoms with E-state index in [1.54, 1.807) is 12.1 Å². The molecule has 2 aromatic carbocycles. The quantitative estimate of drug-likeness (QED) is 0.660. The van der Waals surface area contributed by atoms with Crippen molar-refractivity contribution in [1.29, 1.82) is 0 Å². The second kappa shape index (κ2) is 7.61. The van der Waals surface area contributed by atoms with Crippen LogP contribution in [0.25, 0.3) is 22.2 Å². The van der Waals surface area contributed by atoms with Gasteiger partial charge in [-0.3, -0.25) is 0 Å². The number of nitrogens with zero attached hydrogens (tertiary/aromatic N) is 1. The number of hydrogen-bond acceptors (Lipinski definition) is 3. The number of halogens is 1. The van der Waals surface area contributed by atoms with Gasteiger partial charge in [0.05, 0.1) is 16.8 Å². The van der Waals surface area contributed by atoms with Gasteiger partial charge in [0, 0.05) is 30.1 Å². The van der Waals surface area contributed by atoms with Gasteiger partial charge in [0.15, 0.2) is 0 Å². The van der Waals surface area contributed by atoms with Crippen LogP contribution in [0.15, 0.2) is 48.5 Å². The van der Waals surface area contributed by atoms with Crippen LogP contribution in [-0.4, -0.2) is 23.2 Å². The topological polar surface area (TPSA) is 34.2 Å². The smallest absolute Gasteiger partial charge is 0.123 e. The van der Waals surface area contributed by atoms with Crippen LogP contribution in [0, 0.1) is 12.7 Å². The van der Waals surface area contributed by atoms with Crippen LogP contribution in [0.3, 0.4) is 0 Å². The molecule has 0 amide bonds. The summed E-state index contributed by atoms with van der Waals surface area (Å²) in [7, 11) is 0. The molecule has 4 heteroatoms. The Hall–Kier alpha value is -2.30. The van der Waals surface area contributed by atoms with Crippen LogP contribution in [0.1, 0.15) is 37.8 Å². The molecule has 1 fully saturated rings. The Bertz CT molecular complexity index is 982. The highest BCUT2D eigenvalue weighted by molar-refractivity contribution is 5.84. The number of fused-ring (bicyclic) bond motifs is 1. The minimum absolute atomic E-state index is 0.0888. The fourth-order valence-electron chi connectivity index (χ4n) is 3.99. The first-order chi connectivity index (χ1) is 13.4. The predicted molar refractivity (Wildman–Crippen MR) is 112 cm³/mol. The summed E-state index contributed by atoms with van der Waals surface area (Å²) < 4.78 is 19.3. The number of rotatable bonds is 4. The van der Waals surface area contributed by atoms with Crippen molar-refractivity contribution in [3.8, 4) is 11.3 Å². The summed E-state index contributed by atoms with van der Waals surface area (Å²) in [5.74, 6) is -0.232. The molecule has 0 saturated carbocycles. The lowest BCUT2D eigenvalue weighted by atomic mass is 9.93. The van der Waals surface area contributed by atoms with Crippen LogP contribution in [0.2, 0.25) is 0 Å². The molecule has 0 aliphatic carbocycles. The second-order valence-electron chi connectivity index (χ2n) is 8.38. The zero-order chi connectivity index (χ0) is 19.7. The second-order valence-corrected chi connectivity index (χ2v) is 8.38. The number of hydrogen-bond donors (Lipinski definition) is 1. The average Bonchev–Trinajstić information content (AvgIpc) is 2.65. The molecule has 28 heavy (non-hydrogen) atoms. The Labute approximate surface area is 165 Å². The van der Waals surface area contributed by atoms with Crippen LogP contribution >= 0.6 is 0 Å². The maximum absolute atomic E-state index is 13.4. The van der Waals surface area contributed by atoms with Crippen molar-refractivity contribution in [2.24, 2.45) is 0 Å². The molecule has 1 aliphatic heterocycles. The monoisotopic (exact) mass is 378 g/mol. The molecule has 0 unspecified atom stereocenters. The Balaban J connectivity index is 1.68. The molecular weight excluding hydrogens is 351 g/mol. The normalized spacial score (nSPS) is 19.1. The maximum Gasteiger partial charge on any atom is 0.123 e. The number of pyridine rings is 1. The van der Waals surface area contributed by atoms with Gasteiger partial charge in [0.2, 0.25) is 0 Å². The van der Waals surface area contributed by atoms with Gasteiger partial charge in [0.1, 0.15) is 5.82 Å². The third-order valence-electron chi connectivity index (χ3n) is 5.45. The predicted octanol–water partition coefficient (Wildman–Crippen LogP) is 5.40. The van der Waals surface area contributed by atoms with Crippen LogP contribution < -0.4 is 5.32 Å². The van der Waals surface area contributed by atoms with E-state index in [-0.39, 0.29) is 11.4 Å². The number of benzene rings is 2. The third-order valence-corrected chi connectivity index (χ3v) is 5.45. The maximum atomic E-state index is 13.4. The van der Waals surface area contributed by atoms with Gasteiger partial charge in [-0.15, -0.1) is 0 Å². The van der Waals surface area contributed by atoms with E-state index in [1.165, 1.54) is 17.7 Å². The number of aryl methyl sites for hydroxylation is 1. The molecule has 4 rings (SSSR count). The largest absolute Gasteiger partial charge is 0.375 e. The van der Waals surface area contributed by atoms with E-state index in [9.17, 15) is 4.39 Å². The van der Waals surface area contributed by atoms with E-state index in [1.807, 2.05) is 0 Å². The highest BCUT2D eigenvalue weighted by Gasteiger charge is 2.28. The first-order valence-electron chi connectivity index (χ1n) is 9.93. The molecular formula is C24H27FN2O. The van der Waals surface area contributed by atoms with E-state index in [0.29, 0.717) is 6.04 Å². The zero-order valence-electron chi connectivity index (χ0n) is 16.8. The molecule has 1 N–H and O–H groups in total. The molecule has 1 saturated heterocycles. The van der Waals surface area contributed by atoms with Crippen LogP contribution in [0.5, 0.6) is 0 Å². The molecule has 1 aliphatic rings. The Morgan fingerprint density at radius 1 is 1.14 bits per heavy atom. The van der Waals surface area contributed by atoms with Crippen molar-refractivity contribution in [3.05, 3.63) is 65.5 Å². The van der Waals surface area contributed by atoms with Gasteiger partial charge in [-0.2, -0.15) is 0 Å². The molecule has 2 heterocycles. The minimum Gasteiger partial charge on any atom is -0.375 e. The summed E-state index contributed by atoms with van der Waals surface area (Å²) in [5.41, 5.74) is 5.07. The number of nitrogens with one attached hydrogen (secondary N) is 1. The van der Waals surface area contributed by atoms with Gasteiger partial charge >= 0.3 is 0 Å². The zero-order valence-corrected chi connectivity index (χ0v) is 16.8. The van der Waals surface area contributed by atoms with Crippen molar-refractivity contribution in [2.45, 2.75) is 51.8 Å². The fraction of sp³-hybridized carbons (Fsp3) is 0.375. The van der Waals surface area contributed by atoms with Gasteiger partial charge < -0.3 is 10.1 Å². The Morgan fingerprint density at radius 3 is 2.68 bits per heavy atom. The summed E-state index contributed by atoms with van der Waals surface area (Å²) in [6.45, 7) is 7.89. The molecule has 1 atom stereocenters. The standard InChI is InChI=1S/C24H27FN2O/c1-16-4-9-22-18(12-16)13-19(15-26-21-10-11-28-24(2,3)14-21)23(27-22)17-5-7-20(25)8-6-17/h4-9,12-13,21,26H,10-11,14-15H2,1-3H3/t21-/m0/s1. The average molecular weight is 378 g/mol. The Kier molecular flexibility index (Phi) is 5.17. The third kappa shape index (κ3) is 4.23. The van der Waals surface area contributed by atoms with Crippen molar-refractivity contribution in [3.63, 3.8) is 0 Å². The SMILES string of the molecule is Cc1ccc2nc(-c3ccc(F)cc3)c(CN[C@H]3CCOC(C)(C)C3)cc2c1. The summed E-state index contributed by atoms with van der Waals surface area (Å²) in [6.07, 6.45) is 1.99. The summed E-state index contributed by atoms with van der Waals surface area (Å²) in [6, 6.07) is 15.5. The lowest BCUT2D eigenvalue weighted by Crippen LogP contribution is -2.43. The lowest BCUT2D eigenvalue weighted by molar-refractivity contribution is -0.0630. The minimum atomic E-state index is -0.232. The highest BCUT2D eigenvalue weighted by Crippen LogP contribution is 2.28. The van der Waals surface area contributed by atoms with E-state index >= 15 is 0 Å². The molecule has 146 valence electrons. The van der Waals surface area contributed by atoms with Crippen molar-refractivity contribution in [2.75, 3.05) is 6.61 Å². The Morgan fingerprint density at radius 2 is 1.93 bits per heavy atom. The van der Waals surface area contributed by atoms with Gasteiger partial charge in [-0.25, -0.2) is 9.37 Å². The van der Waals surface area contributed by atoms with Crippen LogP contribution in [-0.2, 0) is 11.3 Å². The molecule has 1 aromatic heterocycles.